The Balaban J connectivity index is 2.15. The minimum atomic E-state index is -3.97. The molecule has 2 amide bonds. The Kier molecular flexibility index (Phi) is 5.09. The molecule has 4 N–H and O–H groups in total. The first-order valence-corrected chi connectivity index (χ1v) is 9.36. The number of carbonyl (C=O) groups is 2. The van der Waals surface area contributed by atoms with Gasteiger partial charge >= 0.3 is 0 Å². The highest BCUT2D eigenvalue weighted by Crippen LogP contribution is 2.24. The molecule has 9 nitrogen and oxygen atoms in total. The Labute approximate surface area is 148 Å². The van der Waals surface area contributed by atoms with E-state index in [0.717, 1.165) is 11.3 Å². The van der Waals surface area contributed by atoms with Crippen LogP contribution in [0.1, 0.15) is 31.1 Å². The van der Waals surface area contributed by atoms with E-state index >= 15 is 0 Å². The number of carbonyl (C=O) groups excluding carboxylic acids is 2. The third-order valence-electron chi connectivity index (χ3n) is 2.96. The second-order valence-electron chi connectivity index (χ2n) is 6.12. The highest BCUT2D eigenvalue weighted by Gasteiger charge is 2.25. The lowest BCUT2D eigenvalue weighted by molar-refractivity contribution is -0.123. The van der Waals surface area contributed by atoms with E-state index in [9.17, 15) is 18.0 Å². The summed E-state index contributed by atoms with van der Waals surface area (Å²) in [6.45, 7) is 5.16. The molecule has 1 aromatic carbocycles. The third-order valence-corrected chi connectivity index (χ3v) is 5.55. The summed E-state index contributed by atoms with van der Waals surface area (Å²) in [7, 11) is -3.97. The van der Waals surface area contributed by atoms with Gasteiger partial charge in [0.2, 0.25) is 16.9 Å². The minimum absolute atomic E-state index is 0.0874. The van der Waals surface area contributed by atoms with Gasteiger partial charge in [-0.05, 0) is 24.3 Å². The SMILES string of the molecule is CC(C)(C)C(=O)Nc1nnc(S(=O)(=O)Nc2ccc(C(N)=O)cc2)s1. The number of nitrogens with one attached hydrogen (secondary N) is 2. The fourth-order valence-corrected chi connectivity index (χ4v) is 3.51. The number of benzene rings is 1. The zero-order chi connectivity index (χ0) is 18.8. The van der Waals surface area contributed by atoms with E-state index in [1.165, 1.54) is 24.3 Å². The van der Waals surface area contributed by atoms with Gasteiger partial charge in [-0.2, -0.15) is 8.42 Å². The van der Waals surface area contributed by atoms with E-state index < -0.39 is 21.3 Å². The number of sulfonamides is 1. The molecule has 1 aromatic heterocycles. The van der Waals surface area contributed by atoms with Crippen molar-refractivity contribution in [1.29, 1.82) is 0 Å². The molecule has 0 aliphatic heterocycles. The average molecular weight is 383 g/mol. The number of hydrogen-bond acceptors (Lipinski definition) is 7. The molecular formula is C14H17N5O4S2. The van der Waals surface area contributed by atoms with Crippen LogP contribution in [-0.4, -0.2) is 30.4 Å². The first kappa shape index (κ1) is 18.8. The number of anilines is 2. The maximum Gasteiger partial charge on any atom is 0.291 e. The first-order valence-electron chi connectivity index (χ1n) is 7.07. The molecule has 0 radical (unpaired) electrons. The molecular weight excluding hydrogens is 366 g/mol. The van der Waals surface area contributed by atoms with Gasteiger partial charge in [0, 0.05) is 16.7 Å². The van der Waals surface area contributed by atoms with Crippen molar-refractivity contribution >= 4 is 44.0 Å². The number of nitrogens with two attached hydrogens (primary N) is 1. The molecule has 0 saturated heterocycles. The van der Waals surface area contributed by atoms with Crippen LogP contribution in [0.25, 0.3) is 0 Å². The number of nitrogens with zero attached hydrogens (tertiary/aromatic N) is 2. The maximum atomic E-state index is 12.3. The van der Waals surface area contributed by atoms with Gasteiger partial charge in [-0.3, -0.25) is 14.3 Å². The van der Waals surface area contributed by atoms with Crippen molar-refractivity contribution in [3.8, 4) is 0 Å². The molecule has 11 heteroatoms. The molecule has 0 saturated carbocycles. The lowest BCUT2D eigenvalue weighted by Gasteiger charge is -2.15. The topological polar surface area (TPSA) is 144 Å². The van der Waals surface area contributed by atoms with Gasteiger partial charge in [-0.25, -0.2) is 0 Å². The molecule has 0 bridgehead atoms. The monoisotopic (exact) mass is 383 g/mol. The van der Waals surface area contributed by atoms with Gasteiger partial charge in [0.1, 0.15) is 0 Å². The van der Waals surface area contributed by atoms with Crippen molar-refractivity contribution in [2.24, 2.45) is 11.1 Å². The van der Waals surface area contributed by atoms with Crippen LogP contribution < -0.4 is 15.8 Å². The summed E-state index contributed by atoms with van der Waals surface area (Å²) < 4.78 is 26.6. The van der Waals surface area contributed by atoms with Gasteiger partial charge in [0.15, 0.2) is 0 Å². The molecule has 0 atom stereocenters. The van der Waals surface area contributed by atoms with E-state index in [1.54, 1.807) is 20.8 Å². The number of aromatic nitrogens is 2. The van der Waals surface area contributed by atoms with Gasteiger partial charge in [-0.1, -0.05) is 32.1 Å². The number of primary amides is 1. The molecule has 0 aliphatic rings. The van der Waals surface area contributed by atoms with Gasteiger partial charge in [-0.15, -0.1) is 10.2 Å². The minimum Gasteiger partial charge on any atom is -0.366 e. The van der Waals surface area contributed by atoms with Crippen LogP contribution in [0.4, 0.5) is 10.8 Å². The lowest BCUT2D eigenvalue weighted by atomic mass is 9.96. The molecule has 0 fully saturated rings. The second-order valence-corrected chi connectivity index (χ2v) is 8.96. The van der Waals surface area contributed by atoms with Crippen molar-refractivity contribution < 1.29 is 18.0 Å². The Bertz CT molecular complexity index is 898. The first-order chi connectivity index (χ1) is 11.5. The third kappa shape index (κ3) is 4.73. The fraction of sp³-hybridized carbons (Fsp3) is 0.286. The maximum absolute atomic E-state index is 12.3. The zero-order valence-corrected chi connectivity index (χ0v) is 15.4. The van der Waals surface area contributed by atoms with Crippen molar-refractivity contribution in [3.63, 3.8) is 0 Å². The van der Waals surface area contributed by atoms with Crippen LogP contribution in [-0.2, 0) is 14.8 Å². The quantitative estimate of drug-likeness (QED) is 0.666. The average Bonchev–Trinajstić information content (AvgIpc) is 2.96. The largest absolute Gasteiger partial charge is 0.366 e. The van der Waals surface area contributed by atoms with Crippen LogP contribution in [0.2, 0.25) is 0 Å². The van der Waals surface area contributed by atoms with Crippen LogP contribution >= 0.6 is 11.3 Å². The Morgan fingerprint density at radius 2 is 1.72 bits per heavy atom. The van der Waals surface area contributed by atoms with E-state index in [0.29, 0.717) is 0 Å². The van der Waals surface area contributed by atoms with Crippen LogP contribution in [0.3, 0.4) is 0 Å². The van der Waals surface area contributed by atoms with E-state index in [4.69, 9.17) is 5.73 Å². The Morgan fingerprint density at radius 1 is 1.12 bits per heavy atom. The van der Waals surface area contributed by atoms with Crippen molar-refractivity contribution in [1.82, 2.24) is 10.2 Å². The Hall–Kier alpha value is -2.53. The highest BCUT2D eigenvalue weighted by atomic mass is 32.2. The molecule has 134 valence electrons. The van der Waals surface area contributed by atoms with Crippen LogP contribution in [0.15, 0.2) is 28.6 Å². The van der Waals surface area contributed by atoms with Gasteiger partial charge in [0.05, 0.1) is 0 Å². The van der Waals surface area contributed by atoms with Crippen molar-refractivity contribution in [2.45, 2.75) is 25.1 Å². The van der Waals surface area contributed by atoms with Crippen LogP contribution in [0, 0.1) is 5.41 Å². The Morgan fingerprint density at radius 3 is 2.24 bits per heavy atom. The smallest absolute Gasteiger partial charge is 0.291 e. The lowest BCUT2D eigenvalue weighted by Crippen LogP contribution is -2.27. The van der Waals surface area contributed by atoms with E-state index in [2.05, 4.69) is 20.2 Å². The predicted molar refractivity (Wildman–Crippen MR) is 93.8 cm³/mol. The summed E-state index contributed by atoms with van der Waals surface area (Å²) in [5.41, 5.74) is 4.97. The van der Waals surface area contributed by atoms with Crippen molar-refractivity contribution in [2.75, 3.05) is 10.0 Å². The fourth-order valence-electron chi connectivity index (χ4n) is 1.55. The van der Waals surface area contributed by atoms with Crippen molar-refractivity contribution in [3.05, 3.63) is 29.8 Å². The number of hydrogen-bond donors (Lipinski definition) is 3. The highest BCUT2D eigenvalue weighted by molar-refractivity contribution is 7.94. The normalized spacial score (nSPS) is 11.8. The predicted octanol–water partition coefficient (Wildman–Crippen LogP) is 1.42. The summed E-state index contributed by atoms with van der Waals surface area (Å²) in [4.78, 5) is 22.9. The summed E-state index contributed by atoms with van der Waals surface area (Å²) in [6, 6.07) is 5.60. The summed E-state index contributed by atoms with van der Waals surface area (Å²) in [6.07, 6.45) is 0. The van der Waals surface area contributed by atoms with Crippen LogP contribution in [0.5, 0.6) is 0 Å². The molecule has 25 heavy (non-hydrogen) atoms. The molecule has 0 spiro atoms. The second kappa shape index (κ2) is 6.76. The molecule has 2 aromatic rings. The number of rotatable bonds is 5. The van der Waals surface area contributed by atoms with Gasteiger partial charge < -0.3 is 11.1 Å². The summed E-state index contributed by atoms with van der Waals surface area (Å²) in [5.74, 6) is -0.916. The van der Waals surface area contributed by atoms with E-state index in [1.807, 2.05) is 0 Å². The molecule has 2 rings (SSSR count). The molecule has 0 unspecified atom stereocenters. The summed E-state index contributed by atoms with van der Waals surface area (Å²) in [5, 5.41) is 9.87. The molecule has 0 aliphatic carbocycles. The number of amides is 2. The molecule has 1 heterocycles. The zero-order valence-electron chi connectivity index (χ0n) is 13.7. The summed E-state index contributed by atoms with van der Waals surface area (Å²) >= 11 is 0.733. The standard InChI is InChI=1S/C14H17N5O4S2/c1-14(2,3)11(21)16-12-17-18-13(24-12)25(22,23)19-9-6-4-8(5-7-9)10(15)20/h4-7,19H,1-3H3,(H2,15,20)(H,16,17,21). The van der Waals surface area contributed by atoms with Gasteiger partial charge in [0.25, 0.3) is 14.4 Å². The van der Waals surface area contributed by atoms with E-state index in [-0.39, 0.29) is 26.6 Å².